The smallest absolute Gasteiger partial charge is 0.239 e. The Balaban J connectivity index is 1.36. The van der Waals surface area contributed by atoms with E-state index in [1.54, 1.807) is 7.05 Å². The van der Waals surface area contributed by atoms with E-state index in [0.29, 0.717) is 19.0 Å². The van der Waals surface area contributed by atoms with Gasteiger partial charge in [-0.3, -0.25) is 19.5 Å². The van der Waals surface area contributed by atoms with Crippen LogP contribution in [0.4, 0.5) is 0 Å². The molecule has 3 rings (SSSR count). The molecule has 29 heavy (non-hydrogen) atoms. The lowest BCUT2D eigenvalue weighted by atomic mass is 10.2. The third-order valence-electron chi connectivity index (χ3n) is 6.50. The number of hydrogen-bond acceptors (Lipinski definition) is 4. The topological polar surface area (TPSA) is 80.3 Å². The van der Waals surface area contributed by atoms with Crippen LogP contribution in [0.3, 0.4) is 0 Å². The molecule has 0 bridgehead atoms. The molecule has 2 amide bonds. The molecule has 3 fully saturated rings. The summed E-state index contributed by atoms with van der Waals surface area (Å²) in [5, 5.41) is 6.45. The second-order valence-corrected chi connectivity index (χ2v) is 8.50. The highest BCUT2D eigenvalue weighted by molar-refractivity contribution is 5.82. The molecule has 0 aromatic heterocycles. The van der Waals surface area contributed by atoms with E-state index < -0.39 is 0 Å². The van der Waals surface area contributed by atoms with Crippen molar-refractivity contribution >= 4 is 17.8 Å². The molecule has 2 N–H and O–H groups in total. The van der Waals surface area contributed by atoms with Crippen LogP contribution in [-0.2, 0) is 9.59 Å². The molecule has 0 radical (unpaired) electrons. The lowest BCUT2D eigenvalue weighted by Gasteiger charge is -2.39. The van der Waals surface area contributed by atoms with E-state index in [2.05, 4.69) is 25.4 Å². The Morgan fingerprint density at radius 2 is 1.62 bits per heavy atom. The van der Waals surface area contributed by atoms with Gasteiger partial charge in [0.2, 0.25) is 11.8 Å². The van der Waals surface area contributed by atoms with Crippen molar-refractivity contribution in [2.24, 2.45) is 4.99 Å². The Labute approximate surface area is 175 Å². The lowest BCUT2D eigenvalue weighted by Crippen LogP contribution is -2.57. The molecule has 2 heterocycles. The normalized spacial score (nSPS) is 22.8. The van der Waals surface area contributed by atoms with Crippen molar-refractivity contribution < 1.29 is 9.59 Å². The quantitative estimate of drug-likeness (QED) is 0.500. The number of carbonyl (C=O) groups is 2. The Morgan fingerprint density at radius 3 is 2.24 bits per heavy atom. The van der Waals surface area contributed by atoms with Crippen molar-refractivity contribution in [1.82, 2.24) is 25.3 Å². The fraction of sp³-hybridized carbons (Fsp3) is 0.857. The summed E-state index contributed by atoms with van der Waals surface area (Å²) in [7, 11) is 1.78. The highest BCUT2D eigenvalue weighted by Gasteiger charge is 2.30. The maximum Gasteiger partial charge on any atom is 0.239 e. The number of rotatable bonds is 6. The average molecular weight is 407 g/mol. The van der Waals surface area contributed by atoms with E-state index in [9.17, 15) is 9.59 Å². The molecule has 164 valence electrons. The molecule has 0 aromatic rings. The number of carbonyl (C=O) groups excluding carboxylic acids is 2. The van der Waals surface area contributed by atoms with Crippen LogP contribution in [0.2, 0.25) is 0 Å². The molecule has 8 heteroatoms. The largest absolute Gasteiger partial charge is 0.356 e. The van der Waals surface area contributed by atoms with E-state index >= 15 is 0 Å². The number of amides is 2. The Hall–Kier alpha value is -1.83. The molecule has 0 spiro atoms. The Kier molecular flexibility index (Phi) is 8.15. The van der Waals surface area contributed by atoms with E-state index in [1.165, 1.54) is 12.8 Å². The average Bonchev–Trinajstić information content (AvgIpc) is 3.44. The second-order valence-electron chi connectivity index (χ2n) is 8.50. The minimum absolute atomic E-state index is 0.0514. The van der Waals surface area contributed by atoms with Crippen LogP contribution in [0.5, 0.6) is 0 Å². The first-order valence-corrected chi connectivity index (χ1v) is 11.4. The van der Waals surface area contributed by atoms with Crippen molar-refractivity contribution in [1.29, 1.82) is 0 Å². The van der Waals surface area contributed by atoms with Gasteiger partial charge < -0.3 is 20.4 Å². The lowest BCUT2D eigenvalue weighted by molar-refractivity contribution is -0.135. The number of nitrogens with zero attached hydrogens (tertiary/aromatic N) is 4. The van der Waals surface area contributed by atoms with Gasteiger partial charge in [0.1, 0.15) is 0 Å². The first kappa shape index (κ1) is 21.9. The summed E-state index contributed by atoms with van der Waals surface area (Å²) in [6, 6.07) is 0.324. The molecule has 1 atom stereocenters. The van der Waals surface area contributed by atoms with Gasteiger partial charge >= 0.3 is 0 Å². The molecular weight excluding hydrogens is 368 g/mol. The van der Waals surface area contributed by atoms with Crippen molar-refractivity contribution in [3.8, 4) is 0 Å². The molecule has 8 nitrogen and oxygen atoms in total. The van der Waals surface area contributed by atoms with Gasteiger partial charge in [0.15, 0.2) is 5.96 Å². The number of hydrogen-bond donors (Lipinski definition) is 2. The minimum atomic E-state index is -0.0514. The minimum Gasteiger partial charge on any atom is -0.356 e. The monoisotopic (exact) mass is 406 g/mol. The number of guanidine groups is 1. The zero-order valence-corrected chi connectivity index (χ0v) is 18.2. The van der Waals surface area contributed by atoms with E-state index in [-0.39, 0.29) is 17.9 Å². The first-order chi connectivity index (χ1) is 14.1. The third-order valence-corrected chi connectivity index (χ3v) is 6.50. The van der Waals surface area contributed by atoms with Crippen LogP contribution in [0.1, 0.15) is 51.9 Å². The van der Waals surface area contributed by atoms with E-state index in [0.717, 1.165) is 70.9 Å². The summed E-state index contributed by atoms with van der Waals surface area (Å²) in [6.07, 6.45) is 7.42. The van der Waals surface area contributed by atoms with Gasteiger partial charge in [-0.2, -0.15) is 0 Å². The van der Waals surface area contributed by atoms with Gasteiger partial charge in [-0.1, -0.05) is 12.8 Å². The zero-order chi connectivity index (χ0) is 20.6. The number of likely N-dealkylation sites (tertiary alicyclic amines) is 1. The molecule has 1 aliphatic carbocycles. The van der Waals surface area contributed by atoms with Gasteiger partial charge in [0.25, 0.3) is 0 Å². The summed E-state index contributed by atoms with van der Waals surface area (Å²) < 4.78 is 0. The standard InChI is InChI=1S/C21H38N6O2/c1-17(20(29)26-11-5-6-12-26)25-13-15-27(16-14-25)21(22-2)23-10-9-19(28)24-18-7-3-4-8-18/h17-18H,3-16H2,1-2H3,(H,22,23)(H,24,28). The van der Waals surface area contributed by atoms with Crippen LogP contribution in [0.15, 0.2) is 4.99 Å². The van der Waals surface area contributed by atoms with Crippen LogP contribution < -0.4 is 10.6 Å². The predicted octanol–water partition coefficient (Wildman–Crippen LogP) is 0.639. The zero-order valence-electron chi connectivity index (χ0n) is 18.2. The number of piperazine rings is 1. The van der Waals surface area contributed by atoms with Crippen molar-refractivity contribution in [2.75, 3.05) is 52.9 Å². The molecule has 1 saturated carbocycles. The van der Waals surface area contributed by atoms with E-state index in [1.807, 2.05) is 11.8 Å². The maximum absolute atomic E-state index is 12.6. The van der Waals surface area contributed by atoms with Gasteiger partial charge in [0.05, 0.1) is 6.04 Å². The molecule has 3 aliphatic rings. The Bertz CT molecular complexity index is 576. The predicted molar refractivity (Wildman–Crippen MR) is 115 cm³/mol. The number of nitrogens with one attached hydrogen (secondary N) is 2. The summed E-state index contributed by atoms with van der Waals surface area (Å²) in [5.41, 5.74) is 0. The van der Waals surface area contributed by atoms with Crippen molar-refractivity contribution in [3.05, 3.63) is 0 Å². The fourth-order valence-corrected chi connectivity index (χ4v) is 4.67. The second kappa shape index (κ2) is 10.8. The molecule has 2 saturated heterocycles. The molecule has 0 aromatic carbocycles. The molecule has 2 aliphatic heterocycles. The molecule has 1 unspecified atom stereocenters. The summed E-state index contributed by atoms with van der Waals surface area (Å²) in [5.74, 6) is 1.24. The van der Waals surface area contributed by atoms with Crippen LogP contribution in [-0.4, -0.2) is 97.4 Å². The SMILES string of the molecule is CN=C(NCCC(=O)NC1CCCC1)N1CCN(C(C)C(=O)N2CCCC2)CC1. The highest BCUT2D eigenvalue weighted by atomic mass is 16.2. The van der Waals surface area contributed by atoms with Gasteiger partial charge in [-0.05, 0) is 32.6 Å². The highest BCUT2D eigenvalue weighted by Crippen LogP contribution is 2.17. The molecular formula is C21H38N6O2. The van der Waals surface area contributed by atoms with Crippen LogP contribution >= 0.6 is 0 Å². The Morgan fingerprint density at radius 1 is 0.966 bits per heavy atom. The van der Waals surface area contributed by atoms with Crippen molar-refractivity contribution in [3.63, 3.8) is 0 Å². The third kappa shape index (κ3) is 6.07. The summed E-state index contributed by atoms with van der Waals surface area (Å²) in [6.45, 7) is 7.83. The fourth-order valence-electron chi connectivity index (χ4n) is 4.67. The van der Waals surface area contributed by atoms with Crippen LogP contribution in [0, 0.1) is 0 Å². The maximum atomic E-state index is 12.6. The number of aliphatic imine (C=N–C) groups is 1. The van der Waals surface area contributed by atoms with E-state index in [4.69, 9.17) is 0 Å². The first-order valence-electron chi connectivity index (χ1n) is 11.4. The van der Waals surface area contributed by atoms with Crippen LogP contribution in [0.25, 0.3) is 0 Å². The van der Waals surface area contributed by atoms with Gasteiger partial charge in [-0.25, -0.2) is 0 Å². The summed E-state index contributed by atoms with van der Waals surface area (Å²) >= 11 is 0. The van der Waals surface area contributed by atoms with Crippen molar-refractivity contribution in [2.45, 2.75) is 64.0 Å². The summed E-state index contributed by atoms with van der Waals surface area (Å²) in [4.78, 5) is 35.6. The van der Waals surface area contributed by atoms with Gasteiger partial charge in [-0.15, -0.1) is 0 Å². The van der Waals surface area contributed by atoms with Gasteiger partial charge in [0, 0.05) is 65.3 Å².